The topological polar surface area (TPSA) is 98.8 Å². The van der Waals surface area contributed by atoms with E-state index >= 15 is 0 Å². The lowest BCUT2D eigenvalue weighted by molar-refractivity contribution is 0.414. The maximum absolute atomic E-state index is 12.0. The largest absolute Gasteiger partial charge is 0.497 e. The first-order valence-corrected chi connectivity index (χ1v) is 5.57. The number of nitrogen functional groups attached to an aromatic ring is 1. The molecule has 0 atom stereocenters. The number of fused-ring (bicyclic) bond motifs is 1. The molecule has 96 valence electrons. The minimum absolute atomic E-state index is 0.114. The van der Waals surface area contributed by atoms with E-state index < -0.39 is 0 Å². The Morgan fingerprint density at radius 3 is 3.05 bits per heavy atom. The zero-order valence-electron chi connectivity index (χ0n) is 10.1. The van der Waals surface area contributed by atoms with E-state index in [1.807, 2.05) is 0 Å². The van der Waals surface area contributed by atoms with Gasteiger partial charge in [0.25, 0.3) is 0 Å². The van der Waals surface area contributed by atoms with Gasteiger partial charge in [0.15, 0.2) is 5.65 Å². The number of rotatable bonds is 2. The highest BCUT2D eigenvalue weighted by Gasteiger charge is 2.11. The summed E-state index contributed by atoms with van der Waals surface area (Å²) in [6.45, 7) is 0. The normalized spacial score (nSPS) is 10.8. The van der Waals surface area contributed by atoms with Crippen LogP contribution in [-0.2, 0) is 0 Å². The van der Waals surface area contributed by atoms with Gasteiger partial charge in [-0.1, -0.05) is 6.07 Å². The SMILES string of the molecule is COc1cccc(-n2c(=O)[nH]c3cnc(N)nc32)c1. The number of imidazole rings is 1. The van der Waals surface area contributed by atoms with Crippen LogP contribution in [-0.4, -0.2) is 26.6 Å². The Labute approximate surface area is 107 Å². The Hall–Kier alpha value is -2.83. The quantitative estimate of drug-likeness (QED) is 0.704. The molecule has 0 aliphatic rings. The summed E-state index contributed by atoms with van der Waals surface area (Å²) in [5, 5.41) is 0. The number of H-pyrrole nitrogens is 1. The van der Waals surface area contributed by atoms with Crippen molar-refractivity contribution in [3.8, 4) is 11.4 Å². The van der Waals surface area contributed by atoms with Crippen LogP contribution in [0, 0.1) is 0 Å². The molecule has 2 heterocycles. The molecule has 0 spiro atoms. The average molecular weight is 257 g/mol. The maximum atomic E-state index is 12.0. The number of hydrogen-bond donors (Lipinski definition) is 2. The number of nitrogens with zero attached hydrogens (tertiary/aromatic N) is 3. The van der Waals surface area contributed by atoms with Crippen LogP contribution in [0.5, 0.6) is 5.75 Å². The monoisotopic (exact) mass is 257 g/mol. The highest BCUT2D eigenvalue weighted by Crippen LogP contribution is 2.18. The summed E-state index contributed by atoms with van der Waals surface area (Å²) in [7, 11) is 1.57. The van der Waals surface area contributed by atoms with Crippen molar-refractivity contribution < 1.29 is 4.74 Å². The lowest BCUT2D eigenvalue weighted by Gasteiger charge is -2.05. The molecule has 7 nitrogen and oxygen atoms in total. The summed E-state index contributed by atoms with van der Waals surface area (Å²) in [4.78, 5) is 22.6. The number of benzene rings is 1. The molecule has 3 rings (SSSR count). The molecule has 0 amide bonds. The van der Waals surface area contributed by atoms with Crippen LogP contribution in [0.25, 0.3) is 16.9 Å². The van der Waals surface area contributed by atoms with Crippen molar-refractivity contribution in [1.82, 2.24) is 19.5 Å². The van der Waals surface area contributed by atoms with Gasteiger partial charge in [-0.05, 0) is 12.1 Å². The zero-order valence-corrected chi connectivity index (χ0v) is 10.1. The van der Waals surface area contributed by atoms with Crippen molar-refractivity contribution >= 4 is 17.1 Å². The molecule has 0 radical (unpaired) electrons. The first-order chi connectivity index (χ1) is 9.19. The number of methoxy groups -OCH3 is 1. The summed E-state index contributed by atoms with van der Waals surface area (Å²) < 4.78 is 6.57. The number of aromatic amines is 1. The zero-order chi connectivity index (χ0) is 13.4. The minimum Gasteiger partial charge on any atom is -0.497 e. The molecule has 7 heteroatoms. The van der Waals surface area contributed by atoms with Gasteiger partial charge in [0.1, 0.15) is 11.3 Å². The van der Waals surface area contributed by atoms with Gasteiger partial charge in [0.2, 0.25) is 5.95 Å². The number of aromatic nitrogens is 4. The van der Waals surface area contributed by atoms with E-state index in [2.05, 4.69) is 15.0 Å². The van der Waals surface area contributed by atoms with E-state index in [1.54, 1.807) is 31.4 Å². The van der Waals surface area contributed by atoms with Crippen LogP contribution in [0.3, 0.4) is 0 Å². The van der Waals surface area contributed by atoms with E-state index in [-0.39, 0.29) is 11.6 Å². The van der Waals surface area contributed by atoms with Gasteiger partial charge in [0, 0.05) is 6.07 Å². The Bertz CT molecular complexity index is 805. The number of anilines is 1. The lowest BCUT2D eigenvalue weighted by atomic mass is 10.3. The molecular weight excluding hydrogens is 246 g/mol. The number of ether oxygens (including phenoxy) is 1. The second kappa shape index (κ2) is 4.13. The molecule has 0 unspecified atom stereocenters. The van der Waals surface area contributed by atoms with E-state index in [9.17, 15) is 4.79 Å². The van der Waals surface area contributed by atoms with Crippen LogP contribution in [0.15, 0.2) is 35.3 Å². The van der Waals surface area contributed by atoms with E-state index in [0.717, 1.165) is 0 Å². The third-order valence-electron chi connectivity index (χ3n) is 2.76. The number of hydrogen-bond acceptors (Lipinski definition) is 5. The molecular formula is C12H11N5O2. The van der Waals surface area contributed by atoms with Crippen LogP contribution in [0.2, 0.25) is 0 Å². The molecule has 19 heavy (non-hydrogen) atoms. The molecule has 1 aromatic carbocycles. The Morgan fingerprint density at radius 2 is 2.26 bits per heavy atom. The predicted octanol–water partition coefficient (Wildman–Crippen LogP) is 0.700. The van der Waals surface area contributed by atoms with E-state index in [0.29, 0.717) is 22.6 Å². The molecule has 0 bridgehead atoms. The predicted molar refractivity (Wildman–Crippen MR) is 70.5 cm³/mol. The Morgan fingerprint density at radius 1 is 1.42 bits per heavy atom. The van der Waals surface area contributed by atoms with Gasteiger partial charge in [-0.2, -0.15) is 4.98 Å². The standard InChI is InChI=1S/C12H11N5O2/c1-19-8-4-2-3-7(5-8)17-10-9(15-12(17)18)6-14-11(13)16-10/h2-6H,1H3,(H,15,18)(H2,13,14,16). The van der Waals surface area contributed by atoms with Gasteiger partial charge in [-0.3, -0.25) is 0 Å². The average Bonchev–Trinajstić information content (AvgIpc) is 2.74. The molecule has 3 N–H and O–H groups in total. The molecule has 0 saturated carbocycles. The van der Waals surface area contributed by atoms with Gasteiger partial charge >= 0.3 is 5.69 Å². The summed E-state index contributed by atoms with van der Waals surface area (Å²) in [6, 6.07) is 7.12. The van der Waals surface area contributed by atoms with Crippen LogP contribution < -0.4 is 16.2 Å². The van der Waals surface area contributed by atoms with E-state index in [4.69, 9.17) is 10.5 Å². The number of nitrogens with one attached hydrogen (secondary N) is 1. The smallest absolute Gasteiger partial charge is 0.332 e. The molecule has 2 aromatic heterocycles. The summed E-state index contributed by atoms with van der Waals surface area (Å²) >= 11 is 0. The van der Waals surface area contributed by atoms with Crippen LogP contribution >= 0.6 is 0 Å². The fourth-order valence-electron chi connectivity index (χ4n) is 1.90. The first-order valence-electron chi connectivity index (χ1n) is 5.57. The van der Waals surface area contributed by atoms with Crippen molar-refractivity contribution in [2.45, 2.75) is 0 Å². The molecule has 0 saturated heterocycles. The summed E-state index contributed by atoms with van der Waals surface area (Å²) in [5.41, 5.74) is 6.87. The third-order valence-corrected chi connectivity index (χ3v) is 2.76. The van der Waals surface area contributed by atoms with Crippen molar-refractivity contribution in [3.05, 3.63) is 40.9 Å². The second-order valence-electron chi connectivity index (χ2n) is 3.93. The molecule has 0 aliphatic heterocycles. The lowest BCUT2D eigenvalue weighted by Crippen LogP contribution is -2.15. The van der Waals surface area contributed by atoms with Crippen molar-refractivity contribution in [3.63, 3.8) is 0 Å². The fourth-order valence-corrected chi connectivity index (χ4v) is 1.90. The van der Waals surface area contributed by atoms with Crippen molar-refractivity contribution in [2.75, 3.05) is 12.8 Å². The molecule has 0 fully saturated rings. The number of nitrogens with two attached hydrogens (primary N) is 1. The Kier molecular flexibility index (Phi) is 2.45. The van der Waals surface area contributed by atoms with Crippen LogP contribution in [0.4, 0.5) is 5.95 Å². The van der Waals surface area contributed by atoms with Crippen molar-refractivity contribution in [2.24, 2.45) is 0 Å². The van der Waals surface area contributed by atoms with Gasteiger partial charge in [0.05, 0.1) is 19.0 Å². The second-order valence-corrected chi connectivity index (χ2v) is 3.93. The van der Waals surface area contributed by atoms with E-state index in [1.165, 1.54) is 10.8 Å². The fraction of sp³-hybridized carbons (Fsp3) is 0.0833. The van der Waals surface area contributed by atoms with Gasteiger partial charge in [-0.25, -0.2) is 14.3 Å². The minimum atomic E-state index is -0.303. The highest BCUT2D eigenvalue weighted by atomic mass is 16.5. The van der Waals surface area contributed by atoms with Crippen molar-refractivity contribution in [1.29, 1.82) is 0 Å². The van der Waals surface area contributed by atoms with Gasteiger partial charge < -0.3 is 15.5 Å². The Balaban J connectivity index is 2.32. The summed E-state index contributed by atoms with van der Waals surface area (Å²) in [6.07, 6.45) is 1.48. The summed E-state index contributed by atoms with van der Waals surface area (Å²) in [5.74, 6) is 0.768. The highest BCUT2D eigenvalue weighted by molar-refractivity contribution is 5.73. The molecule has 3 aromatic rings. The molecule has 0 aliphatic carbocycles. The maximum Gasteiger partial charge on any atom is 0.332 e. The first kappa shape index (κ1) is 11.3. The van der Waals surface area contributed by atoms with Crippen LogP contribution in [0.1, 0.15) is 0 Å². The van der Waals surface area contributed by atoms with Gasteiger partial charge in [-0.15, -0.1) is 0 Å². The third kappa shape index (κ3) is 1.81.